The molecule has 27 heavy (non-hydrogen) atoms. The van der Waals surface area contributed by atoms with Gasteiger partial charge in [0.05, 0.1) is 23.7 Å². The van der Waals surface area contributed by atoms with E-state index in [-0.39, 0.29) is 17.4 Å². The minimum absolute atomic E-state index is 0.0639. The predicted octanol–water partition coefficient (Wildman–Crippen LogP) is 2.48. The number of hydrogen-bond donors (Lipinski definition) is 1. The second kappa shape index (κ2) is 9.77. The standard InChI is InChI=1S/C18H20N2O6S/c1-11-8-16(20-26-11)19-18(23)12(2)27-10-17(22)25-9-14(21)13-6-4-5-7-15(13)24-3/h4-8,12H,9-10H2,1-3H3,(H,19,20,23). The molecule has 0 saturated carbocycles. The molecular weight excluding hydrogens is 372 g/mol. The van der Waals surface area contributed by atoms with Crippen LogP contribution in [0.5, 0.6) is 5.75 Å². The molecule has 0 radical (unpaired) electrons. The van der Waals surface area contributed by atoms with Crippen molar-refractivity contribution in [3.63, 3.8) is 0 Å². The number of Topliss-reactive ketones (excluding diaryl/α,β-unsaturated/α-hetero) is 1. The molecule has 0 saturated heterocycles. The van der Waals surface area contributed by atoms with Crippen LogP contribution in [-0.2, 0) is 14.3 Å². The Hall–Kier alpha value is -2.81. The normalized spacial score (nSPS) is 11.5. The van der Waals surface area contributed by atoms with E-state index in [1.54, 1.807) is 44.2 Å². The summed E-state index contributed by atoms with van der Waals surface area (Å²) in [6.45, 7) is 2.97. The number of amides is 1. The molecule has 1 heterocycles. The summed E-state index contributed by atoms with van der Waals surface area (Å²) in [5.41, 5.74) is 0.344. The Balaban J connectivity index is 1.75. The lowest BCUT2D eigenvalue weighted by Crippen LogP contribution is -2.24. The van der Waals surface area contributed by atoms with Gasteiger partial charge in [-0.2, -0.15) is 0 Å². The average molecular weight is 392 g/mol. The zero-order valence-corrected chi connectivity index (χ0v) is 16.0. The van der Waals surface area contributed by atoms with Gasteiger partial charge in [-0.3, -0.25) is 14.4 Å². The average Bonchev–Trinajstić information content (AvgIpc) is 3.08. The summed E-state index contributed by atoms with van der Waals surface area (Å²) < 4.78 is 15.0. The number of nitrogens with zero attached hydrogens (tertiary/aromatic N) is 1. The third-order valence-electron chi connectivity index (χ3n) is 3.47. The van der Waals surface area contributed by atoms with Crippen molar-refractivity contribution < 1.29 is 28.4 Å². The monoisotopic (exact) mass is 392 g/mol. The number of aromatic nitrogens is 1. The first-order chi connectivity index (χ1) is 12.9. The zero-order chi connectivity index (χ0) is 19.8. The largest absolute Gasteiger partial charge is 0.496 e. The van der Waals surface area contributed by atoms with E-state index in [1.165, 1.54) is 7.11 Å². The van der Waals surface area contributed by atoms with Crippen LogP contribution < -0.4 is 10.1 Å². The number of nitrogens with one attached hydrogen (secondary N) is 1. The molecule has 0 aliphatic rings. The van der Waals surface area contributed by atoms with Crippen molar-refractivity contribution in [2.24, 2.45) is 0 Å². The maximum Gasteiger partial charge on any atom is 0.316 e. The predicted molar refractivity (Wildman–Crippen MR) is 100 cm³/mol. The number of hydrogen-bond acceptors (Lipinski definition) is 8. The first-order valence-corrected chi connectivity index (χ1v) is 9.13. The lowest BCUT2D eigenvalue weighted by Gasteiger charge is -2.10. The van der Waals surface area contributed by atoms with E-state index in [2.05, 4.69) is 10.5 Å². The molecule has 1 N–H and O–H groups in total. The van der Waals surface area contributed by atoms with Gasteiger partial charge >= 0.3 is 5.97 Å². The summed E-state index contributed by atoms with van der Waals surface area (Å²) in [7, 11) is 1.46. The molecule has 1 aromatic carbocycles. The Morgan fingerprint density at radius 3 is 2.70 bits per heavy atom. The topological polar surface area (TPSA) is 108 Å². The van der Waals surface area contributed by atoms with E-state index in [0.29, 0.717) is 22.9 Å². The fraction of sp³-hybridized carbons (Fsp3) is 0.333. The number of anilines is 1. The smallest absolute Gasteiger partial charge is 0.316 e. The van der Waals surface area contributed by atoms with E-state index in [0.717, 1.165) is 11.8 Å². The van der Waals surface area contributed by atoms with Gasteiger partial charge in [0.1, 0.15) is 11.5 Å². The number of aryl methyl sites for hydroxylation is 1. The van der Waals surface area contributed by atoms with E-state index >= 15 is 0 Å². The summed E-state index contributed by atoms with van der Waals surface area (Å²) in [5.74, 6) is -0.0134. The van der Waals surface area contributed by atoms with Gasteiger partial charge in [-0.25, -0.2) is 0 Å². The van der Waals surface area contributed by atoms with Gasteiger partial charge in [0.15, 0.2) is 12.4 Å². The number of para-hydroxylation sites is 1. The van der Waals surface area contributed by atoms with Crippen LogP contribution in [0.2, 0.25) is 0 Å². The number of methoxy groups -OCH3 is 1. The lowest BCUT2D eigenvalue weighted by atomic mass is 10.1. The molecule has 1 atom stereocenters. The fourth-order valence-corrected chi connectivity index (χ4v) is 2.74. The Bertz CT molecular complexity index is 820. The van der Waals surface area contributed by atoms with Crippen molar-refractivity contribution in [3.8, 4) is 5.75 Å². The summed E-state index contributed by atoms with van der Waals surface area (Å²) in [6.07, 6.45) is 0. The number of carbonyl (C=O) groups excluding carboxylic acids is 3. The summed E-state index contributed by atoms with van der Waals surface area (Å²) in [5, 5.41) is 5.74. The lowest BCUT2D eigenvalue weighted by molar-refractivity contribution is -0.139. The number of benzene rings is 1. The highest BCUT2D eigenvalue weighted by Crippen LogP contribution is 2.18. The van der Waals surface area contributed by atoms with Crippen LogP contribution >= 0.6 is 11.8 Å². The van der Waals surface area contributed by atoms with Crippen molar-refractivity contribution in [3.05, 3.63) is 41.7 Å². The van der Waals surface area contributed by atoms with Crippen molar-refractivity contribution in [2.75, 3.05) is 24.8 Å². The van der Waals surface area contributed by atoms with Gasteiger partial charge in [0.2, 0.25) is 11.7 Å². The first kappa shape index (κ1) is 20.5. The van der Waals surface area contributed by atoms with Crippen molar-refractivity contribution in [1.29, 1.82) is 0 Å². The van der Waals surface area contributed by atoms with Gasteiger partial charge in [0, 0.05) is 6.07 Å². The summed E-state index contributed by atoms with van der Waals surface area (Å²) in [4.78, 5) is 36.0. The van der Waals surface area contributed by atoms with Crippen molar-refractivity contribution in [1.82, 2.24) is 5.16 Å². The van der Waals surface area contributed by atoms with Crippen LogP contribution in [0.4, 0.5) is 5.82 Å². The van der Waals surface area contributed by atoms with Gasteiger partial charge < -0.3 is 19.3 Å². The van der Waals surface area contributed by atoms with Gasteiger partial charge in [0.25, 0.3) is 0 Å². The van der Waals surface area contributed by atoms with E-state index in [9.17, 15) is 14.4 Å². The molecule has 1 amide bonds. The van der Waals surface area contributed by atoms with Crippen LogP contribution in [-0.4, -0.2) is 47.5 Å². The highest BCUT2D eigenvalue weighted by atomic mass is 32.2. The van der Waals surface area contributed by atoms with Crippen molar-refractivity contribution in [2.45, 2.75) is 19.1 Å². The minimum Gasteiger partial charge on any atom is -0.496 e. The zero-order valence-electron chi connectivity index (χ0n) is 15.2. The number of ketones is 1. The maximum absolute atomic E-state index is 12.1. The second-order valence-electron chi connectivity index (χ2n) is 5.55. The highest BCUT2D eigenvalue weighted by molar-refractivity contribution is 8.01. The quantitative estimate of drug-likeness (QED) is 0.512. The van der Waals surface area contributed by atoms with E-state index < -0.39 is 17.8 Å². The molecule has 1 aromatic heterocycles. The first-order valence-electron chi connectivity index (χ1n) is 8.08. The molecular formula is C18H20N2O6S. The van der Waals surface area contributed by atoms with Crippen LogP contribution in [0.15, 0.2) is 34.9 Å². The number of ether oxygens (including phenoxy) is 2. The number of esters is 1. The van der Waals surface area contributed by atoms with Crippen molar-refractivity contribution >= 4 is 35.2 Å². The summed E-state index contributed by atoms with van der Waals surface area (Å²) in [6, 6.07) is 8.28. The molecule has 2 aromatic rings. The van der Waals surface area contributed by atoms with Gasteiger partial charge in [-0.15, -0.1) is 11.8 Å². The Kier molecular flexibility index (Phi) is 7.42. The molecule has 8 nitrogen and oxygen atoms in total. The Morgan fingerprint density at radius 1 is 1.30 bits per heavy atom. The van der Waals surface area contributed by atoms with E-state index in [4.69, 9.17) is 14.0 Å². The maximum atomic E-state index is 12.1. The SMILES string of the molecule is COc1ccccc1C(=O)COC(=O)CSC(C)C(=O)Nc1cc(C)on1. The molecule has 2 rings (SSSR count). The molecule has 9 heteroatoms. The Labute approximate surface area is 160 Å². The minimum atomic E-state index is -0.583. The number of rotatable bonds is 9. The molecule has 0 aliphatic carbocycles. The fourth-order valence-electron chi connectivity index (χ4n) is 2.06. The van der Waals surface area contributed by atoms with Crippen LogP contribution in [0.3, 0.4) is 0 Å². The second-order valence-corrected chi connectivity index (χ2v) is 6.88. The molecule has 0 aliphatic heterocycles. The van der Waals surface area contributed by atoms with Gasteiger partial charge in [-0.1, -0.05) is 17.3 Å². The van der Waals surface area contributed by atoms with Crippen LogP contribution in [0.25, 0.3) is 0 Å². The Morgan fingerprint density at radius 2 is 2.04 bits per heavy atom. The third kappa shape index (κ3) is 6.14. The molecule has 144 valence electrons. The highest BCUT2D eigenvalue weighted by Gasteiger charge is 2.18. The molecule has 0 bridgehead atoms. The number of carbonyl (C=O) groups is 3. The number of thioether (sulfide) groups is 1. The summed E-state index contributed by atoms with van der Waals surface area (Å²) >= 11 is 1.09. The van der Waals surface area contributed by atoms with Crippen LogP contribution in [0.1, 0.15) is 23.0 Å². The molecule has 1 unspecified atom stereocenters. The third-order valence-corrected chi connectivity index (χ3v) is 4.59. The van der Waals surface area contributed by atoms with E-state index in [1.807, 2.05) is 0 Å². The molecule has 0 spiro atoms. The van der Waals surface area contributed by atoms with Crippen LogP contribution in [0, 0.1) is 6.92 Å². The van der Waals surface area contributed by atoms with Gasteiger partial charge in [-0.05, 0) is 26.0 Å². The molecule has 0 fully saturated rings.